The molecule has 0 spiro atoms. The zero-order chi connectivity index (χ0) is 23.5. The summed E-state index contributed by atoms with van der Waals surface area (Å²) in [5.41, 5.74) is 10.6. The molecule has 2 unspecified atom stereocenters. The van der Waals surface area contributed by atoms with Gasteiger partial charge in [0, 0.05) is 39.3 Å². The lowest BCUT2D eigenvalue weighted by Crippen LogP contribution is -2.26. The fourth-order valence-electron chi connectivity index (χ4n) is 5.92. The second-order valence-corrected chi connectivity index (χ2v) is 11.2. The lowest BCUT2D eigenvalue weighted by Gasteiger charge is -2.27. The smallest absolute Gasteiger partial charge is 0.160 e. The first-order valence-corrected chi connectivity index (χ1v) is 13.6. The van der Waals surface area contributed by atoms with Crippen LogP contribution in [0.3, 0.4) is 0 Å². The standard InChI is InChI=1S/C29H23N3OS2/c1-17-5-8-19(9-6-17)32-25-4-2-3-22(25)24-15-18(7-13-26(24)32)21-11-12-23(29-28(21)30-35-31-29)27-14-10-20(16-33)34-27/h5-16,22,25H,2-4H2,1H3. The Hall–Kier alpha value is -3.35. The summed E-state index contributed by atoms with van der Waals surface area (Å²) in [7, 11) is 0. The van der Waals surface area contributed by atoms with Gasteiger partial charge in [0.15, 0.2) is 6.29 Å². The van der Waals surface area contributed by atoms with Gasteiger partial charge in [-0.15, -0.1) is 11.3 Å². The molecule has 172 valence electrons. The number of anilines is 2. The number of hydrogen-bond donors (Lipinski definition) is 0. The Kier molecular flexibility index (Phi) is 4.86. The van der Waals surface area contributed by atoms with E-state index in [9.17, 15) is 4.79 Å². The van der Waals surface area contributed by atoms with Crippen molar-refractivity contribution in [3.63, 3.8) is 0 Å². The third-order valence-electron chi connectivity index (χ3n) is 7.54. The number of hydrogen-bond acceptors (Lipinski definition) is 6. The van der Waals surface area contributed by atoms with Gasteiger partial charge < -0.3 is 4.90 Å². The second kappa shape index (κ2) is 8.11. The Morgan fingerprint density at radius 2 is 1.71 bits per heavy atom. The van der Waals surface area contributed by atoms with E-state index in [1.807, 2.05) is 12.1 Å². The zero-order valence-electron chi connectivity index (χ0n) is 19.3. The molecule has 1 fully saturated rings. The van der Waals surface area contributed by atoms with Crippen molar-refractivity contribution in [1.82, 2.24) is 8.75 Å². The topological polar surface area (TPSA) is 46.1 Å². The van der Waals surface area contributed by atoms with E-state index in [1.165, 1.54) is 70.4 Å². The Bertz CT molecular complexity index is 1580. The van der Waals surface area contributed by atoms with E-state index in [1.54, 1.807) is 0 Å². The molecule has 0 saturated heterocycles. The highest BCUT2D eigenvalue weighted by molar-refractivity contribution is 7.17. The highest BCUT2D eigenvalue weighted by Crippen LogP contribution is 2.53. The number of thiophene rings is 1. The normalized spacial score (nSPS) is 18.7. The maximum Gasteiger partial charge on any atom is 0.160 e. The largest absolute Gasteiger partial charge is 0.338 e. The summed E-state index contributed by atoms with van der Waals surface area (Å²) in [6.45, 7) is 2.14. The van der Waals surface area contributed by atoms with Crippen LogP contribution in [0, 0.1) is 6.92 Å². The van der Waals surface area contributed by atoms with Crippen molar-refractivity contribution < 1.29 is 4.79 Å². The highest BCUT2D eigenvalue weighted by Gasteiger charge is 2.42. The minimum absolute atomic E-state index is 0.539. The number of aryl methyl sites for hydroxylation is 1. The van der Waals surface area contributed by atoms with Crippen LogP contribution in [0.1, 0.15) is 46.0 Å². The molecule has 6 heteroatoms. The van der Waals surface area contributed by atoms with Gasteiger partial charge >= 0.3 is 0 Å². The molecule has 7 rings (SSSR count). The second-order valence-electron chi connectivity index (χ2n) is 9.53. The molecular weight excluding hydrogens is 470 g/mol. The lowest BCUT2D eigenvalue weighted by atomic mass is 9.93. The van der Waals surface area contributed by atoms with Crippen LogP contribution in [-0.4, -0.2) is 21.1 Å². The van der Waals surface area contributed by atoms with Gasteiger partial charge in [-0.3, -0.25) is 4.79 Å². The molecule has 1 saturated carbocycles. The predicted octanol–water partition coefficient (Wildman–Crippen LogP) is 8.00. The third kappa shape index (κ3) is 3.27. The first-order valence-electron chi connectivity index (χ1n) is 12.0. The quantitative estimate of drug-likeness (QED) is 0.238. The zero-order valence-corrected chi connectivity index (χ0v) is 20.9. The molecule has 2 atom stereocenters. The maximum absolute atomic E-state index is 11.2. The van der Waals surface area contributed by atoms with Crippen LogP contribution in [0.25, 0.3) is 32.6 Å². The van der Waals surface area contributed by atoms with Crippen LogP contribution in [0.5, 0.6) is 0 Å². The van der Waals surface area contributed by atoms with Crippen molar-refractivity contribution in [2.24, 2.45) is 0 Å². The van der Waals surface area contributed by atoms with Crippen molar-refractivity contribution in [2.45, 2.75) is 38.1 Å². The first kappa shape index (κ1) is 21.0. The van der Waals surface area contributed by atoms with Crippen LogP contribution in [0.2, 0.25) is 0 Å². The van der Waals surface area contributed by atoms with Crippen LogP contribution >= 0.6 is 23.1 Å². The number of rotatable bonds is 4. The molecule has 0 N–H and O–H groups in total. The van der Waals surface area contributed by atoms with Gasteiger partial charge in [-0.05, 0) is 67.3 Å². The van der Waals surface area contributed by atoms with E-state index >= 15 is 0 Å². The maximum atomic E-state index is 11.2. The average Bonchev–Trinajstić information content (AvgIpc) is 3.68. The summed E-state index contributed by atoms with van der Waals surface area (Å²) in [5, 5.41) is 0. The van der Waals surface area contributed by atoms with Gasteiger partial charge in [-0.1, -0.05) is 42.3 Å². The molecule has 35 heavy (non-hydrogen) atoms. The summed E-state index contributed by atoms with van der Waals surface area (Å²) in [5.74, 6) is 0.572. The monoisotopic (exact) mass is 493 g/mol. The predicted molar refractivity (Wildman–Crippen MR) is 145 cm³/mol. The average molecular weight is 494 g/mol. The van der Waals surface area contributed by atoms with Crippen LogP contribution in [-0.2, 0) is 0 Å². The molecule has 0 bridgehead atoms. The Morgan fingerprint density at radius 1 is 0.914 bits per heavy atom. The van der Waals surface area contributed by atoms with Gasteiger partial charge in [-0.25, -0.2) is 0 Å². The van der Waals surface area contributed by atoms with Gasteiger partial charge in [0.2, 0.25) is 0 Å². The number of aromatic nitrogens is 2. The lowest BCUT2D eigenvalue weighted by molar-refractivity contribution is 0.112. The van der Waals surface area contributed by atoms with E-state index in [0.29, 0.717) is 12.0 Å². The Balaban J connectivity index is 1.33. The summed E-state index contributed by atoms with van der Waals surface area (Å²) in [4.78, 5) is 15.5. The summed E-state index contributed by atoms with van der Waals surface area (Å²) in [6.07, 6.45) is 4.66. The molecular formula is C29H23N3OS2. The first-order chi connectivity index (χ1) is 17.2. The SMILES string of the molecule is Cc1ccc(N2c3ccc(-c4ccc(-c5ccc(C=O)s5)c5nsnc45)cc3C3CCCC32)cc1. The van der Waals surface area contributed by atoms with Gasteiger partial charge in [0.05, 0.1) is 16.6 Å². The molecule has 2 aliphatic rings. The summed E-state index contributed by atoms with van der Waals surface area (Å²) < 4.78 is 9.34. The van der Waals surface area contributed by atoms with E-state index in [-0.39, 0.29) is 0 Å². The van der Waals surface area contributed by atoms with Crippen molar-refractivity contribution in [3.05, 3.63) is 82.7 Å². The Labute approximate surface area is 212 Å². The molecule has 0 radical (unpaired) electrons. The minimum Gasteiger partial charge on any atom is -0.338 e. The molecule has 2 aromatic heterocycles. The van der Waals surface area contributed by atoms with Crippen molar-refractivity contribution in [2.75, 3.05) is 4.90 Å². The fraction of sp³-hybridized carbons (Fsp3) is 0.207. The summed E-state index contributed by atoms with van der Waals surface area (Å²) in [6, 6.07) is 24.6. The van der Waals surface area contributed by atoms with E-state index in [4.69, 9.17) is 4.37 Å². The van der Waals surface area contributed by atoms with Crippen LogP contribution < -0.4 is 4.90 Å². The van der Waals surface area contributed by atoms with Gasteiger partial charge in [0.25, 0.3) is 0 Å². The number of carbonyl (C=O) groups is 1. The molecule has 5 aromatic rings. The molecule has 0 amide bonds. The number of benzene rings is 3. The van der Waals surface area contributed by atoms with Crippen molar-refractivity contribution >= 4 is 51.8 Å². The number of aldehydes is 1. The van der Waals surface area contributed by atoms with E-state index in [2.05, 4.69) is 70.8 Å². The Morgan fingerprint density at radius 3 is 2.51 bits per heavy atom. The van der Waals surface area contributed by atoms with Crippen LogP contribution in [0.4, 0.5) is 11.4 Å². The highest BCUT2D eigenvalue weighted by atomic mass is 32.1. The molecule has 3 aromatic carbocycles. The van der Waals surface area contributed by atoms with Crippen molar-refractivity contribution in [3.8, 4) is 21.6 Å². The third-order valence-corrected chi connectivity index (χ3v) is 9.12. The fourth-order valence-corrected chi connectivity index (χ4v) is 7.35. The van der Waals surface area contributed by atoms with Crippen molar-refractivity contribution in [1.29, 1.82) is 0 Å². The molecule has 1 aliphatic carbocycles. The van der Waals surface area contributed by atoms with Gasteiger partial charge in [0.1, 0.15) is 11.0 Å². The minimum atomic E-state index is 0.539. The molecule has 3 heterocycles. The van der Waals surface area contributed by atoms with E-state index < -0.39 is 0 Å². The molecule has 4 nitrogen and oxygen atoms in total. The van der Waals surface area contributed by atoms with E-state index in [0.717, 1.165) is 38.2 Å². The molecule has 1 aliphatic heterocycles. The number of carbonyl (C=O) groups excluding carboxylic acids is 1. The summed E-state index contributed by atoms with van der Waals surface area (Å²) >= 11 is 2.74. The number of fused-ring (bicyclic) bond motifs is 4. The van der Waals surface area contributed by atoms with Crippen LogP contribution in [0.15, 0.2) is 66.7 Å². The number of nitrogens with zero attached hydrogens (tertiary/aromatic N) is 3. The van der Waals surface area contributed by atoms with Gasteiger partial charge in [-0.2, -0.15) is 8.75 Å².